The summed E-state index contributed by atoms with van der Waals surface area (Å²) in [5, 5.41) is 0.391. The second-order valence-electron chi connectivity index (χ2n) is 7.27. The third-order valence-electron chi connectivity index (χ3n) is 5.38. The van der Waals surface area contributed by atoms with E-state index < -0.39 is 5.72 Å². The largest absolute Gasteiger partial charge is 0.467 e. The molecule has 3 aromatic rings. The molecule has 2 aliphatic heterocycles. The summed E-state index contributed by atoms with van der Waals surface area (Å²) < 4.78 is 12.5. The Balaban J connectivity index is 1.68. The molecule has 1 saturated heterocycles. The number of benzene rings is 2. The summed E-state index contributed by atoms with van der Waals surface area (Å²) in [6.07, 6.45) is 0.576. The van der Waals surface area contributed by atoms with Crippen LogP contribution in [-0.4, -0.2) is 21.6 Å². The van der Waals surface area contributed by atoms with Crippen molar-refractivity contribution in [1.29, 1.82) is 0 Å². The van der Waals surface area contributed by atoms with Crippen LogP contribution in [0.1, 0.15) is 35.5 Å². The number of carbonyl (C=O) groups is 1. The number of nitrogens with zero attached hydrogens (tertiary/aromatic N) is 2. The fourth-order valence-corrected chi connectivity index (χ4v) is 4.96. The summed E-state index contributed by atoms with van der Waals surface area (Å²) in [5.41, 5.74) is 1.10. The summed E-state index contributed by atoms with van der Waals surface area (Å²) in [5.74, 6) is 0.721. The molecule has 0 N–H and O–H groups in total. The van der Waals surface area contributed by atoms with Crippen molar-refractivity contribution in [3.05, 3.63) is 82.7 Å². The van der Waals surface area contributed by atoms with E-state index in [0.29, 0.717) is 16.2 Å². The van der Waals surface area contributed by atoms with Gasteiger partial charge >= 0.3 is 0 Å². The van der Waals surface area contributed by atoms with Gasteiger partial charge in [-0.2, -0.15) is 0 Å². The lowest BCUT2D eigenvalue weighted by atomic mass is 9.88. The molecule has 1 aromatic heterocycles. The maximum absolute atomic E-state index is 13.5. The fraction of sp³-hybridized carbons (Fsp3) is 0.182. The van der Waals surface area contributed by atoms with Crippen molar-refractivity contribution in [3.8, 4) is 5.75 Å². The number of halogens is 1. The molecule has 2 aliphatic rings. The van der Waals surface area contributed by atoms with Crippen LogP contribution in [0, 0.1) is 0 Å². The molecule has 146 valence electrons. The van der Waals surface area contributed by atoms with Gasteiger partial charge in [0.25, 0.3) is 5.91 Å². The first-order chi connectivity index (χ1) is 14.0. The lowest BCUT2D eigenvalue weighted by Crippen LogP contribution is -2.67. The smallest absolute Gasteiger partial charge is 0.296 e. The van der Waals surface area contributed by atoms with Gasteiger partial charge in [-0.3, -0.25) is 14.6 Å². The van der Waals surface area contributed by atoms with Crippen LogP contribution in [0.4, 0.5) is 5.69 Å². The highest BCUT2D eigenvalue weighted by atomic mass is 79.9. The molecular weight excluding hydrogens is 452 g/mol. The SMILES string of the molecule is CC12CC(c3ccccc3O1)N(C(=O)c1ccc(Br)o1)C(=S)N2c1ccccc1. The average molecular weight is 469 g/mol. The summed E-state index contributed by atoms with van der Waals surface area (Å²) in [6, 6.07) is 20.7. The van der Waals surface area contributed by atoms with E-state index >= 15 is 0 Å². The van der Waals surface area contributed by atoms with Crippen LogP contribution in [0.25, 0.3) is 0 Å². The van der Waals surface area contributed by atoms with Gasteiger partial charge < -0.3 is 9.15 Å². The third-order valence-corrected chi connectivity index (χ3v) is 6.18. The minimum absolute atomic E-state index is 0.236. The van der Waals surface area contributed by atoms with Crippen LogP contribution in [0.3, 0.4) is 0 Å². The summed E-state index contributed by atoms with van der Waals surface area (Å²) in [4.78, 5) is 17.0. The van der Waals surface area contributed by atoms with E-state index in [1.54, 1.807) is 17.0 Å². The van der Waals surface area contributed by atoms with Gasteiger partial charge in [-0.1, -0.05) is 36.4 Å². The lowest BCUT2D eigenvalue weighted by Gasteiger charge is -2.55. The molecule has 0 radical (unpaired) electrons. The van der Waals surface area contributed by atoms with Crippen molar-refractivity contribution in [1.82, 2.24) is 4.90 Å². The quantitative estimate of drug-likeness (QED) is 0.462. The van der Waals surface area contributed by atoms with Crippen LogP contribution >= 0.6 is 28.1 Å². The molecule has 2 bridgehead atoms. The fourth-order valence-electron chi connectivity index (χ4n) is 4.14. The summed E-state index contributed by atoms with van der Waals surface area (Å²) in [6.45, 7) is 2.01. The van der Waals surface area contributed by atoms with Crippen molar-refractivity contribution < 1.29 is 13.9 Å². The van der Waals surface area contributed by atoms with Crippen LogP contribution in [0.5, 0.6) is 5.75 Å². The Morgan fingerprint density at radius 2 is 1.83 bits per heavy atom. The zero-order valence-corrected chi connectivity index (χ0v) is 17.9. The molecule has 5 nitrogen and oxygen atoms in total. The van der Waals surface area contributed by atoms with E-state index in [2.05, 4.69) is 15.9 Å². The van der Waals surface area contributed by atoms with E-state index in [1.807, 2.05) is 66.4 Å². The first kappa shape index (κ1) is 18.4. The highest BCUT2D eigenvalue weighted by molar-refractivity contribution is 9.10. The van der Waals surface area contributed by atoms with Gasteiger partial charge in [-0.15, -0.1) is 0 Å². The van der Waals surface area contributed by atoms with Gasteiger partial charge in [-0.25, -0.2) is 0 Å². The molecule has 5 rings (SSSR count). The van der Waals surface area contributed by atoms with Crippen molar-refractivity contribution in [2.45, 2.75) is 25.1 Å². The molecule has 29 heavy (non-hydrogen) atoms. The normalized spacial score (nSPS) is 22.8. The van der Waals surface area contributed by atoms with Crippen LogP contribution in [0.15, 0.2) is 75.8 Å². The zero-order valence-electron chi connectivity index (χ0n) is 15.5. The van der Waals surface area contributed by atoms with E-state index in [4.69, 9.17) is 21.4 Å². The van der Waals surface area contributed by atoms with Crippen molar-refractivity contribution in [2.75, 3.05) is 4.90 Å². The minimum Gasteiger partial charge on any atom is -0.467 e. The molecule has 1 amide bonds. The third kappa shape index (κ3) is 2.88. The van der Waals surface area contributed by atoms with Gasteiger partial charge in [-0.05, 0) is 65.4 Å². The molecule has 0 spiro atoms. The van der Waals surface area contributed by atoms with Gasteiger partial charge in [0.1, 0.15) is 5.75 Å². The lowest BCUT2D eigenvalue weighted by molar-refractivity contribution is 0.0173. The number of hydrogen-bond acceptors (Lipinski definition) is 4. The Morgan fingerprint density at radius 1 is 1.10 bits per heavy atom. The predicted octanol–water partition coefficient (Wildman–Crippen LogP) is 5.53. The number of hydrogen-bond donors (Lipinski definition) is 0. The van der Waals surface area contributed by atoms with E-state index in [-0.39, 0.29) is 17.7 Å². The number of fused-ring (bicyclic) bond motifs is 4. The van der Waals surface area contributed by atoms with Gasteiger partial charge in [0.15, 0.2) is 21.3 Å². The second-order valence-corrected chi connectivity index (χ2v) is 8.41. The number of amides is 1. The predicted molar refractivity (Wildman–Crippen MR) is 117 cm³/mol. The maximum atomic E-state index is 13.5. The molecule has 0 aliphatic carbocycles. The number of ether oxygens (including phenoxy) is 1. The Kier molecular flexibility index (Phi) is 4.26. The van der Waals surface area contributed by atoms with Crippen molar-refractivity contribution >= 4 is 44.9 Å². The maximum Gasteiger partial charge on any atom is 0.296 e. The monoisotopic (exact) mass is 468 g/mol. The Labute approximate surface area is 182 Å². The van der Waals surface area contributed by atoms with Crippen LogP contribution in [-0.2, 0) is 0 Å². The topological polar surface area (TPSA) is 45.9 Å². The van der Waals surface area contributed by atoms with Crippen LogP contribution < -0.4 is 9.64 Å². The number of para-hydroxylation sites is 2. The molecule has 0 saturated carbocycles. The second kappa shape index (κ2) is 6.71. The number of furan rings is 1. The average Bonchev–Trinajstić information content (AvgIpc) is 3.14. The van der Waals surface area contributed by atoms with E-state index in [9.17, 15) is 4.79 Å². The molecule has 2 atom stereocenters. The van der Waals surface area contributed by atoms with Gasteiger partial charge in [0.2, 0.25) is 0 Å². The van der Waals surface area contributed by atoms with Crippen molar-refractivity contribution in [3.63, 3.8) is 0 Å². The number of thiocarbonyl (C=S) groups is 1. The molecule has 1 fully saturated rings. The van der Waals surface area contributed by atoms with Crippen LogP contribution in [0.2, 0.25) is 0 Å². The minimum atomic E-state index is -0.710. The number of anilines is 1. The van der Waals surface area contributed by atoms with Crippen molar-refractivity contribution in [2.24, 2.45) is 0 Å². The number of carbonyl (C=O) groups excluding carboxylic acids is 1. The zero-order chi connectivity index (χ0) is 20.2. The molecular formula is C22H17BrN2O3S. The Hall–Kier alpha value is -2.64. The first-order valence-electron chi connectivity index (χ1n) is 9.24. The molecule has 7 heteroatoms. The van der Waals surface area contributed by atoms with E-state index in [1.165, 1.54) is 0 Å². The standard InChI is InChI=1S/C22H17BrN2O3S/c1-22-13-16(15-9-5-6-10-17(15)28-22)24(20(26)18-11-12-19(23)27-18)21(29)25(22)14-7-3-2-4-8-14/h2-12,16H,13H2,1H3. The van der Waals surface area contributed by atoms with Gasteiger partial charge in [0, 0.05) is 17.7 Å². The van der Waals surface area contributed by atoms with Gasteiger partial charge in [0.05, 0.1) is 6.04 Å². The molecule has 3 heterocycles. The Bertz CT molecular complexity index is 1120. The first-order valence-corrected chi connectivity index (χ1v) is 10.4. The molecule has 2 unspecified atom stereocenters. The summed E-state index contributed by atoms with van der Waals surface area (Å²) >= 11 is 9.14. The number of rotatable bonds is 2. The summed E-state index contributed by atoms with van der Waals surface area (Å²) in [7, 11) is 0. The van der Waals surface area contributed by atoms with E-state index in [0.717, 1.165) is 17.0 Å². The highest BCUT2D eigenvalue weighted by Crippen LogP contribution is 2.49. The highest BCUT2D eigenvalue weighted by Gasteiger charge is 2.53. The molecule has 2 aromatic carbocycles. The Morgan fingerprint density at radius 3 is 2.55 bits per heavy atom.